The third-order valence-corrected chi connectivity index (χ3v) is 5.32. The van der Waals surface area contributed by atoms with E-state index in [0.717, 1.165) is 22.5 Å². The van der Waals surface area contributed by atoms with Gasteiger partial charge >= 0.3 is 6.03 Å². The lowest BCUT2D eigenvalue weighted by atomic mass is 10.0. The van der Waals surface area contributed by atoms with Crippen molar-refractivity contribution in [1.29, 1.82) is 0 Å². The Kier molecular flexibility index (Phi) is 6.32. The molecule has 0 bridgehead atoms. The van der Waals surface area contributed by atoms with Crippen LogP contribution in [0, 0.1) is 10.1 Å². The standard InChI is InChI=1S/C22H16N6O4S/c29-18-12-8-16(9-13-18)20-25-27-22(33-20)23-21(30)26-24-19(14-4-2-1-3-5-14)15-6-10-17(11-7-15)28(31)32/h1-13,29H,(H2,23,26,27,30)/b24-19-. The van der Waals surface area contributed by atoms with Crippen molar-refractivity contribution in [2.24, 2.45) is 5.10 Å². The van der Waals surface area contributed by atoms with Crippen LogP contribution in [0.25, 0.3) is 10.6 Å². The Morgan fingerprint density at radius 1 is 0.939 bits per heavy atom. The Morgan fingerprint density at radius 3 is 2.27 bits per heavy atom. The van der Waals surface area contributed by atoms with Crippen molar-refractivity contribution < 1.29 is 14.8 Å². The number of carbonyl (C=O) groups is 1. The number of aromatic hydroxyl groups is 1. The number of anilines is 1. The molecular weight excluding hydrogens is 444 g/mol. The van der Waals surface area contributed by atoms with Crippen molar-refractivity contribution in [2.45, 2.75) is 0 Å². The summed E-state index contributed by atoms with van der Waals surface area (Å²) in [4.78, 5) is 22.9. The van der Waals surface area contributed by atoms with Gasteiger partial charge in [-0.2, -0.15) is 5.10 Å². The lowest BCUT2D eigenvalue weighted by Crippen LogP contribution is -2.26. The number of benzene rings is 3. The van der Waals surface area contributed by atoms with Crippen LogP contribution in [0.15, 0.2) is 84.0 Å². The summed E-state index contributed by atoms with van der Waals surface area (Å²) in [5, 5.41) is 36.0. The van der Waals surface area contributed by atoms with Crippen LogP contribution < -0.4 is 10.7 Å². The maximum Gasteiger partial charge on any atom is 0.341 e. The first-order chi connectivity index (χ1) is 16.0. The number of rotatable bonds is 6. The number of nitro groups is 1. The first-order valence-electron chi connectivity index (χ1n) is 9.57. The zero-order valence-corrected chi connectivity index (χ0v) is 17.7. The van der Waals surface area contributed by atoms with Crippen LogP contribution in [-0.2, 0) is 0 Å². The van der Waals surface area contributed by atoms with E-state index in [-0.39, 0.29) is 16.6 Å². The zero-order chi connectivity index (χ0) is 23.2. The van der Waals surface area contributed by atoms with Crippen molar-refractivity contribution in [3.05, 3.63) is 100 Å². The largest absolute Gasteiger partial charge is 0.508 e. The van der Waals surface area contributed by atoms with Crippen LogP contribution >= 0.6 is 11.3 Å². The number of hydrogen-bond donors (Lipinski definition) is 3. The molecule has 0 saturated heterocycles. The van der Waals surface area contributed by atoms with Gasteiger partial charge in [0.2, 0.25) is 5.13 Å². The quantitative estimate of drug-likeness (QED) is 0.221. The number of hydrazone groups is 1. The molecule has 10 nitrogen and oxygen atoms in total. The minimum absolute atomic E-state index is 0.0439. The van der Waals surface area contributed by atoms with E-state index in [4.69, 9.17) is 0 Å². The number of phenols is 1. The number of aromatic nitrogens is 2. The second kappa shape index (κ2) is 9.66. The molecule has 0 aliphatic rings. The summed E-state index contributed by atoms with van der Waals surface area (Å²) in [6.07, 6.45) is 0. The second-order valence-corrected chi connectivity index (χ2v) is 7.63. The van der Waals surface area contributed by atoms with Crippen LogP contribution in [0.5, 0.6) is 5.75 Å². The SMILES string of the molecule is O=C(N/N=C(/c1ccccc1)c1ccc([N+](=O)[O-])cc1)Nc1nnc(-c2ccc(O)cc2)s1. The summed E-state index contributed by atoms with van der Waals surface area (Å²) in [5.74, 6) is 0.140. The summed E-state index contributed by atoms with van der Waals surface area (Å²) < 4.78 is 0. The zero-order valence-electron chi connectivity index (χ0n) is 16.9. The molecule has 0 aliphatic heterocycles. The van der Waals surface area contributed by atoms with Gasteiger partial charge in [-0.15, -0.1) is 10.2 Å². The van der Waals surface area contributed by atoms with Gasteiger partial charge in [0.25, 0.3) is 5.69 Å². The van der Waals surface area contributed by atoms with Crippen molar-refractivity contribution in [3.8, 4) is 16.3 Å². The number of amides is 2. The van der Waals surface area contributed by atoms with E-state index in [0.29, 0.717) is 16.3 Å². The maximum atomic E-state index is 12.4. The summed E-state index contributed by atoms with van der Waals surface area (Å²) in [6.45, 7) is 0. The number of urea groups is 1. The highest BCUT2D eigenvalue weighted by atomic mass is 32.1. The van der Waals surface area contributed by atoms with Gasteiger partial charge in [0.1, 0.15) is 10.8 Å². The first-order valence-corrected chi connectivity index (χ1v) is 10.4. The Hall–Kier alpha value is -4.64. The third kappa shape index (κ3) is 5.35. The van der Waals surface area contributed by atoms with E-state index in [1.807, 2.05) is 30.3 Å². The molecular formula is C22H16N6O4S. The normalized spacial score (nSPS) is 11.1. The van der Waals surface area contributed by atoms with Gasteiger partial charge in [-0.25, -0.2) is 10.2 Å². The highest BCUT2D eigenvalue weighted by Crippen LogP contribution is 2.27. The van der Waals surface area contributed by atoms with Crippen LogP contribution in [-0.4, -0.2) is 32.0 Å². The van der Waals surface area contributed by atoms with Gasteiger partial charge in [0.15, 0.2) is 0 Å². The van der Waals surface area contributed by atoms with Gasteiger partial charge in [0, 0.05) is 28.8 Å². The van der Waals surface area contributed by atoms with E-state index in [1.165, 1.54) is 24.3 Å². The van der Waals surface area contributed by atoms with Gasteiger partial charge in [-0.1, -0.05) is 41.7 Å². The van der Waals surface area contributed by atoms with Crippen LogP contribution in [0.4, 0.5) is 15.6 Å². The Labute approximate surface area is 191 Å². The number of nitrogens with zero attached hydrogens (tertiary/aromatic N) is 4. The molecule has 11 heteroatoms. The third-order valence-electron chi connectivity index (χ3n) is 4.43. The lowest BCUT2D eigenvalue weighted by molar-refractivity contribution is -0.384. The smallest absolute Gasteiger partial charge is 0.341 e. The van der Waals surface area contributed by atoms with Gasteiger partial charge in [0.05, 0.1) is 10.6 Å². The molecule has 3 aromatic carbocycles. The average Bonchev–Trinajstić information content (AvgIpc) is 3.29. The highest BCUT2D eigenvalue weighted by molar-refractivity contribution is 7.18. The van der Waals surface area contributed by atoms with Crippen LogP contribution in [0.2, 0.25) is 0 Å². The van der Waals surface area contributed by atoms with E-state index >= 15 is 0 Å². The highest BCUT2D eigenvalue weighted by Gasteiger charge is 2.13. The minimum atomic E-state index is -0.626. The topological polar surface area (TPSA) is 143 Å². The molecule has 0 saturated carbocycles. The Balaban J connectivity index is 1.51. The molecule has 0 aliphatic carbocycles. The molecule has 0 spiro atoms. The molecule has 33 heavy (non-hydrogen) atoms. The van der Waals surface area contributed by atoms with Crippen molar-refractivity contribution >= 4 is 33.9 Å². The molecule has 0 fully saturated rings. The Bertz CT molecular complexity index is 1300. The molecule has 3 N–H and O–H groups in total. The molecule has 1 heterocycles. The van der Waals surface area contributed by atoms with Gasteiger partial charge in [-0.3, -0.25) is 15.4 Å². The number of carbonyl (C=O) groups excluding carboxylic acids is 1. The second-order valence-electron chi connectivity index (χ2n) is 6.66. The molecule has 4 rings (SSSR count). The fourth-order valence-electron chi connectivity index (χ4n) is 2.86. The number of nitro benzene ring substituents is 1. The van der Waals surface area contributed by atoms with Gasteiger partial charge in [-0.05, 0) is 36.4 Å². The van der Waals surface area contributed by atoms with Gasteiger partial charge < -0.3 is 5.11 Å². The number of phenolic OH excluding ortho intramolecular Hbond substituents is 1. The van der Waals surface area contributed by atoms with Crippen molar-refractivity contribution in [3.63, 3.8) is 0 Å². The molecule has 4 aromatic rings. The van der Waals surface area contributed by atoms with E-state index in [9.17, 15) is 20.0 Å². The molecule has 1 aromatic heterocycles. The maximum absolute atomic E-state index is 12.4. The fourth-order valence-corrected chi connectivity index (χ4v) is 3.60. The van der Waals surface area contributed by atoms with E-state index < -0.39 is 11.0 Å². The number of hydrogen-bond acceptors (Lipinski definition) is 8. The van der Waals surface area contributed by atoms with Crippen molar-refractivity contribution in [1.82, 2.24) is 15.6 Å². The average molecular weight is 460 g/mol. The molecule has 0 unspecified atom stereocenters. The number of nitrogens with one attached hydrogen (secondary N) is 2. The lowest BCUT2D eigenvalue weighted by Gasteiger charge is -2.08. The Morgan fingerprint density at radius 2 is 1.61 bits per heavy atom. The monoisotopic (exact) mass is 460 g/mol. The van der Waals surface area contributed by atoms with Crippen LogP contribution in [0.3, 0.4) is 0 Å². The first kappa shape index (κ1) is 21.6. The molecule has 164 valence electrons. The molecule has 0 atom stereocenters. The van der Waals surface area contributed by atoms with Crippen LogP contribution in [0.1, 0.15) is 11.1 Å². The minimum Gasteiger partial charge on any atom is -0.508 e. The molecule has 0 radical (unpaired) electrons. The summed E-state index contributed by atoms with van der Waals surface area (Å²) >= 11 is 1.16. The van der Waals surface area contributed by atoms with E-state index in [1.54, 1.807) is 24.3 Å². The van der Waals surface area contributed by atoms with Crippen molar-refractivity contribution in [2.75, 3.05) is 5.32 Å². The predicted molar refractivity (Wildman–Crippen MR) is 124 cm³/mol. The summed E-state index contributed by atoms with van der Waals surface area (Å²) in [6, 6.07) is 20.8. The predicted octanol–water partition coefficient (Wildman–Crippen LogP) is 4.39. The van der Waals surface area contributed by atoms with E-state index in [2.05, 4.69) is 26.0 Å². The summed E-state index contributed by atoms with van der Waals surface area (Å²) in [7, 11) is 0. The fraction of sp³-hybridized carbons (Fsp3) is 0. The number of non-ortho nitro benzene ring substituents is 1. The summed E-state index contributed by atoms with van der Waals surface area (Å²) in [5.41, 5.74) is 4.89. The molecule has 2 amide bonds.